The van der Waals surface area contributed by atoms with Crippen molar-refractivity contribution in [3.8, 4) is 5.75 Å². The van der Waals surface area contributed by atoms with Crippen molar-refractivity contribution in [1.82, 2.24) is 0 Å². The topological polar surface area (TPSA) is 9.23 Å². The molecule has 0 aliphatic heterocycles. The van der Waals surface area contributed by atoms with E-state index in [-0.39, 0.29) is 0 Å². The smallest absolute Gasteiger partial charge is 0.146 e. The van der Waals surface area contributed by atoms with Crippen LogP contribution >= 0.6 is 37.9 Å². The summed E-state index contributed by atoms with van der Waals surface area (Å²) in [7, 11) is 0. The lowest BCUT2D eigenvalue weighted by atomic mass is 10.2. The van der Waals surface area contributed by atoms with E-state index in [9.17, 15) is 0 Å². The van der Waals surface area contributed by atoms with Crippen molar-refractivity contribution in [2.75, 3.05) is 0 Å². The molecule has 17 heavy (non-hydrogen) atoms. The molecule has 0 saturated heterocycles. The fraction of sp³-hybridized carbons (Fsp3) is 0.0769. The van der Waals surface area contributed by atoms with Crippen LogP contribution in [0.15, 0.2) is 57.2 Å². The summed E-state index contributed by atoms with van der Waals surface area (Å²) >= 11 is 13.0. The van der Waals surface area contributed by atoms with E-state index in [1.165, 1.54) is 0 Å². The molecule has 2 aromatic carbocycles. The minimum Gasteiger partial charge on any atom is -0.487 e. The fourth-order valence-electron chi connectivity index (χ4n) is 1.46. The molecule has 2 rings (SSSR count). The molecule has 4 heteroatoms. The van der Waals surface area contributed by atoms with Gasteiger partial charge in [0.05, 0.1) is 0 Å². The molecule has 1 nitrogen and oxygen atoms in total. The first-order valence-electron chi connectivity index (χ1n) is 5.08. The Bertz CT molecular complexity index is 488. The molecule has 0 unspecified atom stereocenters. The summed E-state index contributed by atoms with van der Waals surface area (Å²) in [6.07, 6.45) is 0. The van der Waals surface area contributed by atoms with Crippen LogP contribution in [-0.4, -0.2) is 0 Å². The predicted octanol–water partition coefficient (Wildman–Crippen LogP) is 4.13. The van der Waals surface area contributed by atoms with Gasteiger partial charge in [-0.1, -0.05) is 30.3 Å². The number of thiol groups is 3. The van der Waals surface area contributed by atoms with Crippen LogP contribution in [-0.2, 0) is 6.61 Å². The van der Waals surface area contributed by atoms with Gasteiger partial charge in [-0.05, 0) is 17.7 Å². The van der Waals surface area contributed by atoms with E-state index in [1.807, 2.05) is 42.5 Å². The Morgan fingerprint density at radius 3 is 2.06 bits per heavy atom. The van der Waals surface area contributed by atoms with Gasteiger partial charge in [0.2, 0.25) is 0 Å². The average molecular weight is 280 g/mol. The van der Waals surface area contributed by atoms with Crippen molar-refractivity contribution in [2.24, 2.45) is 0 Å². The molecular formula is C13H12OS3. The molecule has 0 bridgehead atoms. The number of hydrogen-bond donors (Lipinski definition) is 3. The summed E-state index contributed by atoms with van der Waals surface area (Å²) in [4.78, 5) is 2.32. The van der Waals surface area contributed by atoms with E-state index in [0.717, 1.165) is 20.2 Å². The highest BCUT2D eigenvalue weighted by Gasteiger charge is 2.06. The van der Waals surface area contributed by atoms with Gasteiger partial charge in [-0.15, -0.1) is 37.9 Å². The molecule has 0 aliphatic rings. The first-order chi connectivity index (χ1) is 8.16. The number of rotatable bonds is 3. The van der Waals surface area contributed by atoms with Crippen LogP contribution in [0.4, 0.5) is 0 Å². The van der Waals surface area contributed by atoms with E-state index >= 15 is 0 Å². The standard InChI is InChI=1S/C13H12OS3/c15-10-6-11(16)13(12(17)7-10)14-8-9-4-2-1-3-5-9/h1-7,15-17H,8H2. The van der Waals surface area contributed by atoms with Gasteiger partial charge in [0.1, 0.15) is 12.4 Å². The third kappa shape index (κ3) is 3.37. The average Bonchev–Trinajstić information content (AvgIpc) is 2.29. The lowest BCUT2D eigenvalue weighted by Gasteiger charge is -2.11. The van der Waals surface area contributed by atoms with Crippen LogP contribution in [0.2, 0.25) is 0 Å². The molecule has 0 atom stereocenters. The molecule has 0 aliphatic carbocycles. The van der Waals surface area contributed by atoms with Crippen LogP contribution in [0.3, 0.4) is 0 Å². The predicted molar refractivity (Wildman–Crippen MR) is 79.0 cm³/mol. The van der Waals surface area contributed by atoms with Crippen LogP contribution < -0.4 is 4.74 Å². The highest BCUT2D eigenvalue weighted by atomic mass is 32.1. The molecule has 0 N–H and O–H groups in total. The summed E-state index contributed by atoms with van der Waals surface area (Å²) in [5.74, 6) is 0.693. The Morgan fingerprint density at radius 1 is 0.882 bits per heavy atom. The summed E-state index contributed by atoms with van der Waals surface area (Å²) in [6.45, 7) is 0.508. The molecule has 0 radical (unpaired) electrons. The van der Waals surface area contributed by atoms with Gasteiger partial charge in [-0.3, -0.25) is 0 Å². The SMILES string of the molecule is Sc1cc(S)c(OCc2ccccc2)c(S)c1. The van der Waals surface area contributed by atoms with Crippen molar-refractivity contribution in [3.63, 3.8) is 0 Å². The third-order valence-corrected chi connectivity index (χ3v) is 3.18. The number of benzene rings is 2. The Kier molecular flexibility index (Phi) is 4.31. The van der Waals surface area contributed by atoms with Crippen molar-refractivity contribution < 1.29 is 4.74 Å². The van der Waals surface area contributed by atoms with Gasteiger partial charge in [0.15, 0.2) is 0 Å². The number of ether oxygens (including phenoxy) is 1. The molecular weight excluding hydrogens is 268 g/mol. The van der Waals surface area contributed by atoms with Crippen LogP contribution in [0.25, 0.3) is 0 Å². The van der Waals surface area contributed by atoms with Crippen molar-refractivity contribution in [2.45, 2.75) is 21.3 Å². The Morgan fingerprint density at radius 2 is 1.47 bits per heavy atom. The van der Waals surface area contributed by atoms with Crippen molar-refractivity contribution >= 4 is 37.9 Å². The maximum absolute atomic E-state index is 5.72. The molecule has 0 amide bonds. The quantitative estimate of drug-likeness (QED) is 0.717. The Labute approximate surface area is 117 Å². The monoisotopic (exact) mass is 280 g/mol. The van der Waals surface area contributed by atoms with Gasteiger partial charge in [-0.25, -0.2) is 0 Å². The van der Waals surface area contributed by atoms with Gasteiger partial charge in [0, 0.05) is 14.7 Å². The lowest BCUT2D eigenvalue weighted by molar-refractivity contribution is 0.291. The molecule has 0 fully saturated rings. The molecule has 0 saturated carbocycles. The van der Waals surface area contributed by atoms with E-state index in [2.05, 4.69) is 37.9 Å². The Hall–Kier alpha value is -0.710. The highest BCUT2D eigenvalue weighted by Crippen LogP contribution is 2.33. The third-order valence-electron chi connectivity index (χ3n) is 2.26. The lowest BCUT2D eigenvalue weighted by Crippen LogP contribution is -1.97. The first kappa shape index (κ1) is 12.7. The minimum atomic E-state index is 0.508. The van der Waals surface area contributed by atoms with E-state index in [0.29, 0.717) is 12.4 Å². The van der Waals surface area contributed by atoms with Crippen LogP contribution in [0, 0.1) is 0 Å². The molecule has 0 spiro atoms. The Balaban J connectivity index is 2.15. The summed E-state index contributed by atoms with van der Waals surface area (Å²) in [6, 6.07) is 13.7. The van der Waals surface area contributed by atoms with E-state index < -0.39 is 0 Å². The molecule has 0 aromatic heterocycles. The zero-order chi connectivity index (χ0) is 12.3. The van der Waals surface area contributed by atoms with Crippen molar-refractivity contribution in [1.29, 1.82) is 0 Å². The first-order valence-corrected chi connectivity index (χ1v) is 6.42. The molecule has 88 valence electrons. The normalized spacial score (nSPS) is 10.3. The summed E-state index contributed by atoms with van der Waals surface area (Å²) < 4.78 is 5.72. The zero-order valence-electron chi connectivity index (χ0n) is 9.00. The van der Waals surface area contributed by atoms with E-state index in [1.54, 1.807) is 0 Å². The second kappa shape index (κ2) is 5.76. The van der Waals surface area contributed by atoms with Crippen LogP contribution in [0.5, 0.6) is 5.75 Å². The summed E-state index contributed by atoms with van der Waals surface area (Å²) in [5.41, 5.74) is 1.11. The zero-order valence-corrected chi connectivity index (χ0v) is 11.7. The van der Waals surface area contributed by atoms with Gasteiger partial charge in [0.25, 0.3) is 0 Å². The molecule has 2 aromatic rings. The second-order valence-corrected chi connectivity index (χ2v) is 5.07. The van der Waals surface area contributed by atoms with Gasteiger partial charge < -0.3 is 4.74 Å². The summed E-state index contributed by atoms with van der Waals surface area (Å²) in [5, 5.41) is 0. The largest absolute Gasteiger partial charge is 0.487 e. The fourth-order valence-corrected chi connectivity index (χ4v) is 2.66. The van der Waals surface area contributed by atoms with E-state index in [4.69, 9.17) is 4.74 Å². The maximum Gasteiger partial charge on any atom is 0.146 e. The highest BCUT2D eigenvalue weighted by molar-refractivity contribution is 7.82. The maximum atomic E-state index is 5.72. The van der Waals surface area contributed by atoms with Crippen LogP contribution in [0.1, 0.15) is 5.56 Å². The molecule has 0 heterocycles. The van der Waals surface area contributed by atoms with Crippen molar-refractivity contribution in [3.05, 3.63) is 48.0 Å². The van der Waals surface area contributed by atoms with Gasteiger partial charge >= 0.3 is 0 Å². The minimum absolute atomic E-state index is 0.508. The number of hydrogen-bond acceptors (Lipinski definition) is 4. The van der Waals surface area contributed by atoms with Gasteiger partial charge in [-0.2, -0.15) is 0 Å². The second-order valence-electron chi connectivity index (χ2n) is 3.59.